The normalized spacial score (nSPS) is 10.2. The van der Waals surface area contributed by atoms with E-state index >= 15 is 0 Å². The zero-order valence-corrected chi connectivity index (χ0v) is 12.0. The minimum atomic E-state index is -0.156. The van der Waals surface area contributed by atoms with Gasteiger partial charge in [0.05, 0.1) is 11.4 Å². The first-order chi connectivity index (χ1) is 9.49. The molecule has 1 amide bonds. The number of nitrogens with two attached hydrogens (primary N) is 1. The quantitative estimate of drug-likeness (QED) is 0.842. The summed E-state index contributed by atoms with van der Waals surface area (Å²) in [6, 6.07) is 13.0. The fraction of sp³-hybridized carbons (Fsp3) is 0.188. The number of carbonyl (C=O) groups is 1. The molecule has 4 nitrogen and oxygen atoms in total. The monoisotopic (exact) mass is 269 g/mol. The van der Waals surface area contributed by atoms with Gasteiger partial charge in [0.15, 0.2) is 0 Å². The van der Waals surface area contributed by atoms with E-state index in [0.717, 1.165) is 11.3 Å². The van der Waals surface area contributed by atoms with E-state index in [1.54, 1.807) is 18.2 Å². The summed E-state index contributed by atoms with van der Waals surface area (Å²) in [6.07, 6.45) is 0. The van der Waals surface area contributed by atoms with Gasteiger partial charge < -0.3 is 16.0 Å². The van der Waals surface area contributed by atoms with Crippen LogP contribution in [-0.2, 0) is 0 Å². The smallest absolute Gasteiger partial charge is 0.255 e. The molecule has 3 N–H and O–H groups in total. The van der Waals surface area contributed by atoms with E-state index < -0.39 is 0 Å². The molecule has 0 aliphatic rings. The molecule has 104 valence electrons. The van der Waals surface area contributed by atoms with Gasteiger partial charge in [0.1, 0.15) is 0 Å². The molecule has 0 bridgehead atoms. The Morgan fingerprint density at radius 2 is 1.75 bits per heavy atom. The zero-order chi connectivity index (χ0) is 14.7. The number of carbonyl (C=O) groups excluding carboxylic acids is 1. The van der Waals surface area contributed by atoms with E-state index in [0.29, 0.717) is 16.9 Å². The standard InChI is InChI=1S/C16H19N3O/c1-11-5-4-6-14(17)15(11)18-16(20)12-7-9-13(10-8-12)19(2)3/h4-10H,17H2,1-3H3,(H,18,20). The van der Waals surface area contributed by atoms with Crippen molar-refractivity contribution in [2.45, 2.75) is 6.92 Å². The highest BCUT2D eigenvalue weighted by molar-refractivity contribution is 6.06. The van der Waals surface area contributed by atoms with Crippen LogP contribution in [0.5, 0.6) is 0 Å². The Labute approximate surface area is 119 Å². The highest BCUT2D eigenvalue weighted by atomic mass is 16.1. The zero-order valence-electron chi connectivity index (χ0n) is 12.0. The number of para-hydroxylation sites is 1. The predicted molar refractivity (Wildman–Crippen MR) is 84.3 cm³/mol. The van der Waals surface area contributed by atoms with Gasteiger partial charge in [-0.15, -0.1) is 0 Å². The van der Waals surface area contributed by atoms with E-state index in [4.69, 9.17) is 5.73 Å². The first-order valence-corrected chi connectivity index (χ1v) is 6.43. The van der Waals surface area contributed by atoms with Crippen LogP contribution in [0.15, 0.2) is 42.5 Å². The molecule has 0 saturated heterocycles. The number of hydrogen-bond acceptors (Lipinski definition) is 3. The number of amides is 1. The first kappa shape index (κ1) is 13.9. The van der Waals surface area contributed by atoms with Crippen molar-refractivity contribution >= 4 is 23.0 Å². The van der Waals surface area contributed by atoms with Gasteiger partial charge in [0.25, 0.3) is 5.91 Å². The molecule has 2 rings (SSSR count). The fourth-order valence-electron chi connectivity index (χ4n) is 1.96. The summed E-state index contributed by atoms with van der Waals surface area (Å²) in [7, 11) is 3.92. The molecule has 0 atom stereocenters. The fourth-order valence-corrected chi connectivity index (χ4v) is 1.96. The van der Waals surface area contributed by atoms with Gasteiger partial charge in [-0.25, -0.2) is 0 Å². The van der Waals surface area contributed by atoms with Gasteiger partial charge in [0, 0.05) is 25.3 Å². The summed E-state index contributed by atoms with van der Waals surface area (Å²) < 4.78 is 0. The van der Waals surface area contributed by atoms with E-state index in [9.17, 15) is 4.79 Å². The Morgan fingerprint density at radius 3 is 2.30 bits per heavy atom. The van der Waals surface area contributed by atoms with E-state index in [1.165, 1.54) is 0 Å². The van der Waals surface area contributed by atoms with Crippen LogP contribution >= 0.6 is 0 Å². The number of anilines is 3. The summed E-state index contributed by atoms with van der Waals surface area (Å²) in [6.45, 7) is 1.92. The molecule has 0 spiro atoms. The number of nitrogen functional groups attached to an aromatic ring is 1. The second-order valence-electron chi connectivity index (χ2n) is 4.93. The number of rotatable bonds is 3. The van der Waals surface area contributed by atoms with Crippen molar-refractivity contribution in [3.8, 4) is 0 Å². The van der Waals surface area contributed by atoms with Crippen molar-refractivity contribution in [1.82, 2.24) is 0 Å². The van der Waals surface area contributed by atoms with E-state index in [2.05, 4.69) is 5.32 Å². The average molecular weight is 269 g/mol. The Kier molecular flexibility index (Phi) is 3.94. The van der Waals surface area contributed by atoms with Gasteiger partial charge >= 0.3 is 0 Å². The van der Waals surface area contributed by atoms with Crippen molar-refractivity contribution in [3.05, 3.63) is 53.6 Å². The molecule has 0 aliphatic heterocycles. The minimum absolute atomic E-state index is 0.156. The maximum Gasteiger partial charge on any atom is 0.255 e. The maximum atomic E-state index is 12.2. The summed E-state index contributed by atoms with van der Waals surface area (Å²) in [5.74, 6) is -0.156. The van der Waals surface area contributed by atoms with Gasteiger partial charge in [-0.05, 0) is 42.8 Å². The molecule has 0 aromatic heterocycles. The lowest BCUT2D eigenvalue weighted by Gasteiger charge is -2.14. The topological polar surface area (TPSA) is 58.4 Å². The molecule has 0 heterocycles. The van der Waals surface area contributed by atoms with Crippen molar-refractivity contribution in [3.63, 3.8) is 0 Å². The van der Waals surface area contributed by atoms with Crippen LogP contribution in [0.2, 0.25) is 0 Å². The van der Waals surface area contributed by atoms with Crippen LogP contribution in [0.1, 0.15) is 15.9 Å². The lowest BCUT2D eigenvalue weighted by Crippen LogP contribution is -2.15. The Balaban J connectivity index is 2.20. The highest BCUT2D eigenvalue weighted by Crippen LogP contribution is 2.23. The van der Waals surface area contributed by atoms with Crippen LogP contribution in [0.3, 0.4) is 0 Å². The van der Waals surface area contributed by atoms with E-state index in [1.807, 2.05) is 50.2 Å². The van der Waals surface area contributed by atoms with E-state index in [-0.39, 0.29) is 5.91 Å². The van der Waals surface area contributed by atoms with Crippen LogP contribution < -0.4 is 16.0 Å². The molecule has 20 heavy (non-hydrogen) atoms. The molecule has 2 aromatic rings. The van der Waals surface area contributed by atoms with Gasteiger partial charge in [-0.3, -0.25) is 4.79 Å². The molecule has 0 saturated carbocycles. The van der Waals surface area contributed by atoms with Crippen LogP contribution in [0.4, 0.5) is 17.1 Å². The maximum absolute atomic E-state index is 12.2. The van der Waals surface area contributed by atoms with Crippen molar-refractivity contribution in [2.75, 3.05) is 30.0 Å². The lowest BCUT2D eigenvalue weighted by atomic mass is 10.1. The Bertz CT molecular complexity index is 598. The van der Waals surface area contributed by atoms with Crippen molar-refractivity contribution in [2.24, 2.45) is 0 Å². The lowest BCUT2D eigenvalue weighted by molar-refractivity contribution is 0.102. The first-order valence-electron chi connectivity index (χ1n) is 6.43. The molecule has 0 fully saturated rings. The second-order valence-corrected chi connectivity index (χ2v) is 4.93. The molecular weight excluding hydrogens is 250 g/mol. The summed E-state index contributed by atoms with van der Waals surface area (Å²) in [5.41, 5.74) is 9.75. The highest BCUT2D eigenvalue weighted by Gasteiger charge is 2.10. The second kappa shape index (κ2) is 5.65. The largest absolute Gasteiger partial charge is 0.397 e. The third-order valence-electron chi connectivity index (χ3n) is 3.19. The van der Waals surface area contributed by atoms with Crippen LogP contribution in [-0.4, -0.2) is 20.0 Å². The van der Waals surface area contributed by atoms with Crippen LogP contribution in [0, 0.1) is 6.92 Å². The third-order valence-corrected chi connectivity index (χ3v) is 3.19. The molecule has 0 unspecified atom stereocenters. The number of nitrogens with one attached hydrogen (secondary N) is 1. The molecule has 0 aliphatic carbocycles. The summed E-state index contributed by atoms with van der Waals surface area (Å²) in [5, 5.41) is 2.87. The number of aryl methyl sites for hydroxylation is 1. The number of hydrogen-bond donors (Lipinski definition) is 2. The molecule has 2 aromatic carbocycles. The summed E-state index contributed by atoms with van der Waals surface area (Å²) >= 11 is 0. The molecule has 4 heteroatoms. The van der Waals surface area contributed by atoms with Crippen molar-refractivity contribution in [1.29, 1.82) is 0 Å². The van der Waals surface area contributed by atoms with Crippen LogP contribution in [0.25, 0.3) is 0 Å². The molecule has 0 radical (unpaired) electrons. The summed E-state index contributed by atoms with van der Waals surface area (Å²) in [4.78, 5) is 14.2. The SMILES string of the molecule is Cc1cccc(N)c1NC(=O)c1ccc(N(C)C)cc1. The van der Waals surface area contributed by atoms with Crippen molar-refractivity contribution < 1.29 is 4.79 Å². The third kappa shape index (κ3) is 2.91. The minimum Gasteiger partial charge on any atom is -0.397 e. The Hall–Kier alpha value is -2.49. The van der Waals surface area contributed by atoms with Gasteiger partial charge in [-0.2, -0.15) is 0 Å². The van der Waals surface area contributed by atoms with Gasteiger partial charge in [-0.1, -0.05) is 12.1 Å². The molecular formula is C16H19N3O. The Morgan fingerprint density at radius 1 is 1.10 bits per heavy atom. The predicted octanol–water partition coefficient (Wildman–Crippen LogP) is 2.90. The average Bonchev–Trinajstić information content (AvgIpc) is 2.43. The van der Waals surface area contributed by atoms with Gasteiger partial charge in [0.2, 0.25) is 0 Å². The number of nitrogens with zero attached hydrogens (tertiary/aromatic N) is 1. The number of benzene rings is 2.